The van der Waals surface area contributed by atoms with Gasteiger partial charge in [0.25, 0.3) is 15.9 Å². The highest BCUT2D eigenvalue weighted by Gasteiger charge is 2.19. The Balaban J connectivity index is 1.76. The molecule has 0 unspecified atom stereocenters. The second-order valence-corrected chi connectivity index (χ2v) is 8.23. The second-order valence-electron chi connectivity index (χ2n) is 5.38. The van der Waals surface area contributed by atoms with Gasteiger partial charge in [-0.15, -0.1) is 11.3 Å². The van der Waals surface area contributed by atoms with E-state index in [1.165, 1.54) is 36.5 Å². The molecule has 7 nitrogen and oxygen atoms in total. The number of hydrazone groups is 1. The Morgan fingerprint density at radius 2 is 1.89 bits per heavy atom. The molecular weight excluding hydrogens is 386 g/mol. The van der Waals surface area contributed by atoms with Crippen molar-refractivity contribution in [1.82, 2.24) is 5.43 Å². The van der Waals surface area contributed by atoms with Gasteiger partial charge in [0.15, 0.2) is 0 Å². The first kappa shape index (κ1) is 18.6. The molecule has 0 aliphatic heterocycles. The number of rotatable bonds is 6. The highest BCUT2D eigenvalue weighted by atomic mass is 32.2. The minimum absolute atomic E-state index is 0.0820. The van der Waals surface area contributed by atoms with Crippen LogP contribution < -0.4 is 10.1 Å². The lowest BCUT2D eigenvalue weighted by Gasteiger charge is -2.10. The van der Waals surface area contributed by atoms with E-state index in [1.807, 2.05) is 0 Å². The molecule has 0 fully saturated rings. The maximum Gasteiger partial charge on any atom is 0.273 e. The Kier molecular flexibility index (Phi) is 5.53. The van der Waals surface area contributed by atoms with E-state index in [-0.39, 0.29) is 21.2 Å². The lowest BCUT2D eigenvalue weighted by molar-refractivity contribution is 0.0956. The molecule has 2 aromatic carbocycles. The van der Waals surface area contributed by atoms with Crippen LogP contribution in [0.2, 0.25) is 0 Å². The number of thiophene rings is 1. The summed E-state index contributed by atoms with van der Waals surface area (Å²) >= 11 is 1.08. The SMILES string of the molecule is O=C(N/N=C/c1cccc(O)c1)c1ccccc1NS(=O)(=O)c1cccs1. The average Bonchev–Trinajstić information content (AvgIpc) is 3.17. The van der Waals surface area contributed by atoms with Gasteiger partial charge in [0.2, 0.25) is 0 Å². The molecule has 9 heteroatoms. The van der Waals surface area contributed by atoms with Gasteiger partial charge in [-0.05, 0) is 41.3 Å². The first-order valence-corrected chi connectivity index (χ1v) is 10.1. The fraction of sp³-hybridized carbons (Fsp3) is 0. The smallest absolute Gasteiger partial charge is 0.273 e. The van der Waals surface area contributed by atoms with E-state index in [2.05, 4.69) is 15.2 Å². The summed E-state index contributed by atoms with van der Waals surface area (Å²) in [4.78, 5) is 12.4. The van der Waals surface area contributed by atoms with Crippen molar-refractivity contribution < 1.29 is 18.3 Å². The Bertz CT molecular complexity index is 1080. The van der Waals surface area contributed by atoms with Crippen molar-refractivity contribution in [2.45, 2.75) is 4.21 Å². The lowest BCUT2D eigenvalue weighted by Crippen LogP contribution is -2.21. The van der Waals surface area contributed by atoms with Crippen LogP contribution in [0.1, 0.15) is 15.9 Å². The molecule has 0 saturated heterocycles. The summed E-state index contributed by atoms with van der Waals surface area (Å²) in [6.45, 7) is 0. The van der Waals surface area contributed by atoms with Crippen molar-refractivity contribution in [3.8, 4) is 5.75 Å². The molecule has 3 N–H and O–H groups in total. The van der Waals surface area contributed by atoms with Crippen molar-refractivity contribution in [3.63, 3.8) is 0 Å². The lowest BCUT2D eigenvalue weighted by atomic mass is 10.2. The molecular formula is C18H15N3O4S2. The van der Waals surface area contributed by atoms with Crippen LogP contribution in [0.5, 0.6) is 5.75 Å². The zero-order valence-electron chi connectivity index (χ0n) is 13.9. The Labute approximate surface area is 160 Å². The average molecular weight is 401 g/mol. The van der Waals surface area contributed by atoms with Gasteiger partial charge in [0.1, 0.15) is 9.96 Å². The molecule has 0 spiro atoms. The van der Waals surface area contributed by atoms with Crippen LogP contribution in [0.25, 0.3) is 0 Å². The van der Waals surface area contributed by atoms with Crippen LogP contribution in [0.3, 0.4) is 0 Å². The van der Waals surface area contributed by atoms with E-state index < -0.39 is 15.9 Å². The number of amides is 1. The van der Waals surface area contributed by atoms with Gasteiger partial charge >= 0.3 is 0 Å². The number of hydrogen-bond acceptors (Lipinski definition) is 6. The summed E-state index contributed by atoms with van der Waals surface area (Å²) in [5, 5.41) is 14.9. The van der Waals surface area contributed by atoms with Crippen LogP contribution in [0.4, 0.5) is 5.69 Å². The fourth-order valence-corrected chi connectivity index (χ4v) is 4.28. The Hall–Kier alpha value is -3.17. The maximum atomic E-state index is 12.4. The Morgan fingerprint density at radius 3 is 2.63 bits per heavy atom. The molecule has 3 aromatic rings. The van der Waals surface area contributed by atoms with E-state index in [9.17, 15) is 18.3 Å². The first-order valence-electron chi connectivity index (χ1n) is 7.73. The minimum Gasteiger partial charge on any atom is -0.508 e. The fourth-order valence-electron chi connectivity index (χ4n) is 2.21. The van der Waals surface area contributed by atoms with Crippen LogP contribution >= 0.6 is 11.3 Å². The molecule has 0 radical (unpaired) electrons. The molecule has 27 heavy (non-hydrogen) atoms. The van der Waals surface area contributed by atoms with Gasteiger partial charge < -0.3 is 5.11 Å². The standard InChI is InChI=1S/C18H15N3O4S2/c22-14-6-3-5-13(11-14)12-19-20-18(23)15-7-1-2-8-16(15)21-27(24,25)17-9-4-10-26-17/h1-12,21-22H,(H,20,23)/b19-12+. The van der Waals surface area contributed by atoms with E-state index in [0.717, 1.165) is 11.3 Å². The summed E-state index contributed by atoms with van der Waals surface area (Å²) < 4.78 is 27.3. The number of benzene rings is 2. The zero-order valence-corrected chi connectivity index (χ0v) is 15.5. The predicted octanol–water partition coefficient (Wildman–Crippen LogP) is 3.02. The number of para-hydroxylation sites is 1. The van der Waals surface area contributed by atoms with Gasteiger partial charge in [-0.3, -0.25) is 9.52 Å². The number of sulfonamides is 1. The molecule has 0 aliphatic rings. The summed E-state index contributed by atoms with van der Waals surface area (Å²) in [5.41, 5.74) is 3.22. The number of aromatic hydroxyl groups is 1. The number of anilines is 1. The molecule has 0 bridgehead atoms. The van der Waals surface area contributed by atoms with E-state index >= 15 is 0 Å². The third-order valence-corrected chi connectivity index (χ3v) is 6.19. The monoisotopic (exact) mass is 401 g/mol. The van der Waals surface area contributed by atoms with Crippen molar-refractivity contribution in [2.75, 3.05) is 4.72 Å². The molecule has 1 heterocycles. The summed E-state index contributed by atoms with van der Waals surface area (Å²) in [6, 6.07) is 15.7. The number of nitrogens with one attached hydrogen (secondary N) is 2. The number of carbonyl (C=O) groups excluding carboxylic acids is 1. The number of nitrogens with zero attached hydrogens (tertiary/aromatic N) is 1. The van der Waals surface area contributed by atoms with Crippen LogP contribution in [-0.2, 0) is 10.0 Å². The number of phenolic OH excluding ortho intramolecular Hbond substituents is 1. The van der Waals surface area contributed by atoms with E-state index in [0.29, 0.717) is 5.56 Å². The molecule has 3 rings (SSSR count). The quantitative estimate of drug-likeness (QED) is 0.436. The van der Waals surface area contributed by atoms with Gasteiger partial charge in [0, 0.05) is 0 Å². The number of hydrogen-bond donors (Lipinski definition) is 3. The van der Waals surface area contributed by atoms with Crippen molar-refractivity contribution in [3.05, 3.63) is 77.2 Å². The molecule has 0 saturated carbocycles. The molecule has 0 aliphatic carbocycles. The second kappa shape index (κ2) is 8.02. The summed E-state index contributed by atoms with van der Waals surface area (Å²) in [5.74, 6) is -0.491. The maximum absolute atomic E-state index is 12.4. The largest absolute Gasteiger partial charge is 0.508 e. The summed E-state index contributed by atoms with van der Waals surface area (Å²) in [7, 11) is -3.77. The van der Waals surface area contributed by atoms with Crippen molar-refractivity contribution >= 4 is 39.2 Å². The van der Waals surface area contributed by atoms with Gasteiger partial charge in [-0.25, -0.2) is 13.8 Å². The molecule has 138 valence electrons. The van der Waals surface area contributed by atoms with Gasteiger partial charge in [-0.2, -0.15) is 5.10 Å². The zero-order chi connectivity index (χ0) is 19.3. The van der Waals surface area contributed by atoms with Crippen molar-refractivity contribution in [1.29, 1.82) is 0 Å². The first-order chi connectivity index (χ1) is 13.0. The highest BCUT2D eigenvalue weighted by molar-refractivity contribution is 7.94. The van der Waals surface area contributed by atoms with Crippen molar-refractivity contribution in [2.24, 2.45) is 5.10 Å². The molecule has 1 amide bonds. The number of carbonyl (C=O) groups is 1. The molecule has 0 atom stereocenters. The van der Waals surface area contributed by atoms with Gasteiger partial charge in [-0.1, -0.05) is 30.3 Å². The minimum atomic E-state index is -3.77. The third-order valence-electron chi connectivity index (χ3n) is 3.43. The van der Waals surface area contributed by atoms with E-state index in [1.54, 1.807) is 35.7 Å². The summed E-state index contributed by atoms with van der Waals surface area (Å²) in [6.07, 6.45) is 1.37. The van der Waals surface area contributed by atoms with Crippen LogP contribution in [0, 0.1) is 0 Å². The van der Waals surface area contributed by atoms with E-state index in [4.69, 9.17) is 0 Å². The highest BCUT2D eigenvalue weighted by Crippen LogP contribution is 2.22. The van der Waals surface area contributed by atoms with Gasteiger partial charge in [0.05, 0.1) is 17.5 Å². The normalized spacial score (nSPS) is 11.4. The number of phenols is 1. The molecule has 1 aromatic heterocycles. The topological polar surface area (TPSA) is 108 Å². The predicted molar refractivity (Wildman–Crippen MR) is 105 cm³/mol. The third kappa shape index (κ3) is 4.72. The Morgan fingerprint density at radius 1 is 1.07 bits per heavy atom. The van der Waals surface area contributed by atoms with Crippen LogP contribution in [-0.4, -0.2) is 25.6 Å². The van der Waals surface area contributed by atoms with Crippen LogP contribution in [0.15, 0.2) is 75.4 Å².